The zero-order valence-electron chi connectivity index (χ0n) is 12.2. The number of hydrogen-bond donors (Lipinski definition) is 0. The Balaban J connectivity index is 1.88. The summed E-state index contributed by atoms with van der Waals surface area (Å²) in [5, 5.41) is 12.2. The summed E-state index contributed by atoms with van der Waals surface area (Å²) in [5.74, 6) is 0. The number of nitrogens with zero attached hydrogens (tertiary/aromatic N) is 1. The summed E-state index contributed by atoms with van der Waals surface area (Å²) in [6, 6.07) is 19.9. The monoisotopic (exact) mass is 285 g/mol. The van der Waals surface area contributed by atoms with Crippen molar-refractivity contribution < 1.29 is 4.84 Å². The molecule has 0 fully saturated rings. The molecule has 0 unspecified atom stereocenters. The zero-order valence-corrected chi connectivity index (χ0v) is 12.2. The third kappa shape index (κ3) is 1.64. The lowest BCUT2D eigenvalue weighted by Gasteiger charge is -2.15. The van der Waals surface area contributed by atoms with Crippen LogP contribution >= 0.6 is 0 Å². The van der Waals surface area contributed by atoms with Crippen LogP contribution in [0, 0.1) is 0 Å². The first kappa shape index (κ1) is 12.0. The van der Waals surface area contributed by atoms with Crippen molar-refractivity contribution in [1.82, 2.24) is 0 Å². The molecule has 0 saturated heterocycles. The van der Waals surface area contributed by atoms with Crippen molar-refractivity contribution in [3.05, 3.63) is 60.2 Å². The van der Waals surface area contributed by atoms with Gasteiger partial charge in [-0.1, -0.05) is 47.6 Å². The fraction of sp³-hybridized carbons (Fsp3) is 0.150. The van der Waals surface area contributed by atoms with Crippen molar-refractivity contribution in [1.29, 1.82) is 0 Å². The second-order valence-electron chi connectivity index (χ2n) is 5.98. The summed E-state index contributed by atoms with van der Waals surface area (Å²) in [6.07, 6.45) is 2.04. The van der Waals surface area contributed by atoms with Crippen molar-refractivity contribution in [2.24, 2.45) is 5.16 Å². The van der Waals surface area contributed by atoms with Gasteiger partial charge in [-0.3, -0.25) is 0 Å². The predicted octanol–water partition coefficient (Wildman–Crippen LogP) is 5.10. The van der Waals surface area contributed by atoms with E-state index in [-0.39, 0.29) is 0 Å². The fourth-order valence-corrected chi connectivity index (χ4v) is 3.59. The van der Waals surface area contributed by atoms with Crippen LogP contribution in [0.15, 0.2) is 59.8 Å². The highest BCUT2D eigenvalue weighted by Gasteiger charge is 2.13. The predicted molar refractivity (Wildman–Crippen MR) is 91.9 cm³/mol. The van der Waals surface area contributed by atoms with Crippen LogP contribution in [0.3, 0.4) is 0 Å². The average molecular weight is 285 g/mol. The van der Waals surface area contributed by atoms with E-state index in [9.17, 15) is 0 Å². The minimum atomic E-state index is 0.734. The second-order valence-corrected chi connectivity index (χ2v) is 5.98. The van der Waals surface area contributed by atoms with Gasteiger partial charge >= 0.3 is 0 Å². The normalized spacial score (nSPS) is 15.4. The molecule has 0 aliphatic carbocycles. The topological polar surface area (TPSA) is 21.6 Å². The Hall–Kier alpha value is -2.61. The van der Waals surface area contributed by atoms with Gasteiger partial charge in [0.05, 0.1) is 5.71 Å². The molecule has 0 spiro atoms. The maximum Gasteiger partial charge on any atom is 0.117 e. The van der Waals surface area contributed by atoms with Gasteiger partial charge in [-0.05, 0) is 57.3 Å². The maximum absolute atomic E-state index is 5.27. The van der Waals surface area contributed by atoms with Crippen molar-refractivity contribution in [3.63, 3.8) is 0 Å². The Bertz CT molecular complexity index is 968. The fourth-order valence-electron chi connectivity index (χ4n) is 3.59. The van der Waals surface area contributed by atoms with Crippen LogP contribution < -0.4 is 0 Å². The molecular formula is C20H15NO. The van der Waals surface area contributed by atoms with Crippen LogP contribution in [0.5, 0.6) is 0 Å². The van der Waals surface area contributed by atoms with Gasteiger partial charge in [0.1, 0.15) is 6.61 Å². The molecule has 1 aliphatic heterocycles. The van der Waals surface area contributed by atoms with E-state index in [4.69, 9.17) is 4.84 Å². The van der Waals surface area contributed by atoms with Crippen LogP contribution in [0.25, 0.3) is 32.3 Å². The molecule has 0 radical (unpaired) electrons. The lowest BCUT2D eigenvalue weighted by atomic mass is 9.91. The van der Waals surface area contributed by atoms with Gasteiger partial charge in [0.15, 0.2) is 0 Å². The third-order valence-corrected chi connectivity index (χ3v) is 4.62. The van der Waals surface area contributed by atoms with E-state index in [1.165, 1.54) is 37.9 Å². The highest BCUT2D eigenvalue weighted by atomic mass is 16.6. The average Bonchev–Trinajstić information content (AvgIpc) is 2.60. The standard InChI is InChI=1S/C20H15NO/c1-3-13-6-8-15-11-17(18-5-2-10-22-21-18)12-16-9-7-14(4-1)19(13)20(15)16/h1,3-4,6-9,11-12H,2,5,10H2. The molecule has 0 amide bonds. The molecule has 1 heterocycles. The molecule has 0 N–H and O–H groups in total. The summed E-state index contributed by atoms with van der Waals surface area (Å²) >= 11 is 0. The van der Waals surface area contributed by atoms with E-state index in [0.717, 1.165) is 25.2 Å². The third-order valence-electron chi connectivity index (χ3n) is 4.62. The van der Waals surface area contributed by atoms with Gasteiger partial charge in [-0.15, -0.1) is 0 Å². The molecule has 1 aliphatic rings. The highest BCUT2D eigenvalue weighted by molar-refractivity contribution is 6.24. The van der Waals surface area contributed by atoms with E-state index in [1.807, 2.05) is 0 Å². The Morgan fingerprint density at radius 3 is 2.05 bits per heavy atom. The molecule has 5 rings (SSSR count). The minimum Gasteiger partial charge on any atom is -0.396 e. The molecule has 0 atom stereocenters. The van der Waals surface area contributed by atoms with Gasteiger partial charge in [-0.2, -0.15) is 0 Å². The summed E-state index contributed by atoms with van der Waals surface area (Å²) in [7, 11) is 0. The van der Waals surface area contributed by atoms with E-state index >= 15 is 0 Å². The number of benzene rings is 4. The number of oxime groups is 1. The minimum absolute atomic E-state index is 0.734. The second kappa shape index (κ2) is 4.44. The van der Waals surface area contributed by atoms with Gasteiger partial charge in [0.25, 0.3) is 0 Å². The molecule has 106 valence electrons. The molecule has 2 heteroatoms. The first-order valence-corrected chi connectivity index (χ1v) is 7.77. The summed E-state index contributed by atoms with van der Waals surface area (Å²) < 4.78 is 0. The van der Waals surface area contributed by atoms with E-state index in [1.54, 1.807) is 0 Å². The molecule has 0 aromatic heterocycles. The SMILES string of the molecule is c1cc2ccc3cc(C4=NOCCC4)cc4ccc(c1)c2c34. The van der Waals surface area contributed by atoms with Crippen LogP contribution in [0.4, 0.5) is 0 Å². The molecule has 22 heavy (non-hydrogen) atoms. The van der Waals surface area contributed by atoms with Crippen LogP contribution in [-0.4, -0.2) is 12.3 Å². The van der Waals surface area contributed by atoms with Crippen molar-refractivity contribution in [2.75, 3.05) is 6.61 Å². The number of hydrogen-bond acceptors (Lipinski definition) is 2. The first-order chi connectivity index (χ1) is 10.9. The van der Waals surface area contributed by atoms with Crippen LogP contribution in [0.2, 0.25) is 0 Å². The van der Waals surface area contributed by atoms with Gasteiger partial charge in [0, 0.05) is 5.56 Å². The summed E-state index contributed by atoms with van der Waals surface area (Å²) in [6.45, 7) is 0.734. The Kier molecular flexibility index (Phi) is 2.42. The Morgan fingerprint density at radius 2 is 1.41 bits per heavy atom. The van der Waals surface area contributed by atoms with Crippen LogP contribution in [-0.2, 0) is 4.84 Å². The van der Waals surface area contributed by atoms with Crippen molar-refractivity contribution in [2.45, 2.75) is 12.8 Å². The lowest BCUT2D eigenvalue weighted by Crippen LogP contribution is -2.09. The zero-order chi connectivity index (χ0) is 14.5. The molecule has 4 aromatic carbocycles. The van der Waals surface area contributed by atoms with E-state index < -0.39 is 0 Å². The first-order valence-electron chi connectivity index (χ1n) is 7.77. The van der Waals surface area contributed by atoms with Crippen molar-refractivity contribution >= 4 is 38.0 Å². The molecule has 0 saturated carbocycles. The molecule has 4 aromatic rings. The molecular weight excluding hydrogens is 270 g/mol. The van der Waals surface area contributed by atoms with E-state index in [2.05, 4.69) is 59.8 Å². The maximum atomic E-state index is 5.27. The van der Waals surface area contributed by atoms with Gasteiger partial charge in [0.2, 0.25) is 0 Å². The summed E-state index contributed by atoms with van der Waals surface area (Å²) in [4.78, 5) is 5.27. The van der Waals surface area contributed by atoms with Gasteiger partial charge < -0.3 is 4.84 Å². The van der Waals surface area contributed by atoms with Gasteiger partial charge in [-0.25, -0.2) is 0 Å². The number of rotatable bonds is 1. The largest absolute Gasteiger partial charge is 0.396 e. The van der Waals surface area contributed by atoms with Crippen LogP contribution in [0.1, 0.15) is 18.4 Å². The Morgan fingerprint density at radius 1 is 0.773 bits per heavy atom. The van der Waals surface area contributed by atoms with Crippen molar-refractivity contribution in [3.8, 4) is 0 Å². The highest BCUT2D eigenvalue weighted by Crippen LogP contribution is 2.35. The smallest absolute Gasteiger partial charge is 0.117 e. The Labute approximate surface area is 128 Å². The quantitative estimate of drug-likeness (QED) is 0.446. The molecule has 0 bridgehead atoms. The summed E-state index contributed by atoms with van der Waals surface area (Å²) in [5.41, 5.74) is 2.25. The lowest BCUT2D eigenvalue weighted by molar-refractivity contribution is 0.132. The molecule has 2 nitrogen and oxygen atoms in total. The van der Waals surface area contributed by atoms with E-state index in [0.29, 0.717) is 0 Å².